The normalized spacial score (nSPS) is 11.9. The number of hydrogen-bond donors (Lipinski definition) is 2. The molecule has 0 spiro atoms. The van der Waals surface area contributed by atoms with Gasteiger partial charge in [-0.3, -0.25) is 0 Å². The molecule has 4 nitrogen and oxygen atoms in total. The average Bonchev–Trinajstić information content (AvgIpc) is 2.27. The minimum Gasteiger partial charge on any atom is -0.392 e. The third-order valence-corrected chi connectivity index (χ3v) is 2.31. The Hall–Kier alpha value is -1.57. The summed E-state index contributed by atoms with van der Waals surface area (Å²) in [5, 5.41) is 27.3. The van der Waals surface area contributed by atoms with E-state index in [2.05, 4.69) is 6.07 Å². The molecular formula is C12H16N2O2. The molecule has 1 unspecified atom stereocenters. The average molecular weight is 220 g/mol. The van der Waals surface area contributed by atoms with E-state index < -0.39 is 6.10 Å². The molecule has 2 N–H and O–H groups in total. The molecule has 0 fully saturated rings. The first-order valence-electron chi connectivity index (χ1n) is 5.11. The molecule has 0 aliphatic heterocycles. The van der Waals surface area contributed by atoms with Crippen molar-refractivity contribution in [2.45, 2.75) is 19.6 Å². The highest BCUT2D eigenvalue weighted by Gasteiger charge is 2.09. The van der Waals surface area contributed by atoms with E-state index in [4.69, 9.17) is 10.4 Å². The van der Waals surface area contributed by atoms with Gasteiger partial charge in [-0.1, -0.05) is 6.07 Å². The van der Waals surface area contributed by atoms with Crippen LogP contribution in [0, 0.1) is 11.3 Å². The fourth-order valence-corrected chi connectivity index (χ4v) is 1.60. The fourth-order valence-electron chi connectivity index (χ4n) is 1.60. The molecule has 0 aliphatic rings. The van der Waals surface area contributed by atoms with Crippen molar-refractivity contribution < 1.29 is 10.2 Å². The van der Waals surface area contributed by atoms with E-state index >= 15 is 0 Å². The summed E-state index contributed by atoms with van der Waals surface area (Å²) in [7, 11) is 1.82. The molecule has 1 aromatic rings. The SMILES string of the molecule is CC(O)CN(C)c1ccc(CO)cc1C#N. The number of rotatable bonds is 4. The standard InChI is InChI=1S/C12H16N2O2/c1-9(16)7-14(2)12-4-3-10(8-15)5-11(12)6-13/h3-5,9,15-16H,7-8H2,1-2H3. The van der Waals surface area contributed by atoms with Crippen LogP contribution in [0.5, 0.6) is 0 Å². The Kier molecular flexibility index (Phi) is 4.29. The number of likely N-dealkylation sites (N-methyl/N-ethyl adjacent to an activating group) is 1. The van der Waals surface area contributed by atoms with Gasteiger partial charge in [0.15, 0.2) is 0 Å². The Morgan fingerprint density at radius 3 is 2.69 bits per heavy atom. The lowest BCUT2D eigenvalue weighted by atomic mass is 10.1. The van der Waals surface area contributed by atoms with Gasteiger partial charge in [0.2, 0.25) is 0 Å². The molecular weight excluding hydrogens is 204 g/mol. The first-order chi connectivity index (χ1) is 7.58. The van der Waals surface area contributed by atoms with E-state index in [-0.39, 0.29) is 6.61 Å². The lowest BCUT2D eigenvalue weighted by Gasteiger charge is -2.22. The molecule has 0 aliphatic carbocycles. The monoisotopic (exact) mass is 220 g/mol. The molecule has 1 aromatic carbocycles. The van der Waals surface area contributed by atoms with Gasteiger partial charge in [-0.25, -0.2) is 0 Å². The van der Waals surface area contributed by atoms with Gasteiger partial charge in [-0.15, -0.1) is 0 Å². The van der Waals surface area contributed by atoms with Gasteiger partial charge in [0.1, 0.15) is 6.07 Å². The molecule has 0 aromatic heterocycles. The Bertz CT molecular complexity index is 396. The van der Waals surface area contributed by atoms with Crippen LogP contribution >= 0.6 is 0 Å². The van der Waals surface area contributed by atoms with E-state index in [0.29, 0.717) is 17.7 Å². The molecule has 0 bridgehead atoms. The summed E-state index contributed by atoms with van der Waals surface area (Å²) in [4.78, 5) is 1.82. The molecule has 0 heterocycles. The minimum atomic E-state index is -0.450. The molecule has 16 heavy (non-hydrogen) atoms. The van der Waals surface area contributed by atoms with Gasteiger partial charge in [-0.2, -0.15) is 5.26 Å². The zero-order valence-electron chi connectivity index (χ0n) is 9.51. The molecule has 0 saturated heterocycles. The van der Waals surface area contributed by atoms with Gasteiger partial charge in [0.05, 0.1) is 24.0 Å². The molecule has 86 valence electrons. The topological polar surface area (TPSA) is 67.5 Å². The molecule has 1 atom stereocenters. The Labute approximate surface area is 95.4 Å². The molecule has 0 radical (unpaired) electrons. The second-order valence-corrected chi connectivity index (χ2v) is 3.85. The van der Waals surface area contributed by atoms with E-state index in [1.807, 2.05) is 11.9 Å². The smallest absolute Gasteiger partial charge is 0.101 e. The third-order valence-electron chi connectivity index (χ3n) is 2.31. The van der Waals surface area contributed by atoms with Gasteiger partial charge in [0.25, 0.3) is 0 Å². The van der Waals surface area contributed by atoms with Crippen LogP contribution in [0.25, 0.3) is 0 Å². The highest BCUT2D eigenvalue weighted by Crippen LogP contribution is 2.20. The zero-order valence-corrected chi connectivity index (χ0v) is 9.51. The van der Waals surface area contributed by atoms with Gasteiger partial charge in [0, 0.05) is 13.6 Å². The first kappa shape index (κ1) is 12.5. The van der Waals surface area contributed by atoms with Gasteiger partial charge in [-0.05, 0) is 24.6 Å². The predicted octanol–water partition coefficient (Wildman–Crippen LogP) is 0.868. The van der Waals surface area contributed by atoms with Crippen molar-refractivity contribution in [1.29, 1.82) is 5.26 Å². The molecule has 0 saturated carbocycles. The number of benzene rings is 1. The van der Waals surface area contributed by atoms with Crippen molar-refractivity contribution in [2.75, 3.05) is 18.5 Å². The Morgan fingerprint density at radius 1 is 1.50 bits per heavy atom. The van der Waals surface area contributed by atoms with Crippen LogP contribution in [0.3, 0.4) is 0 Å². The van der Waals surface area contributed by atoms with Crippen LogP contribution in [0.1, 0.15) is 18.1 Å². The predicted molar refractivity (Wildman–Crippen MR) is 62.0 cm³/mol. The van der Waals surface area contributed by atoms with E-state index in [1.54, 1.807) is 25.1 Å². The molecule has 0 amide bonds. The van der Waals surface area contributed by atoms with Crippen LogP contribution in [-0.4, -0.2) is 29.9 Å². The Balaban J connectivity index is 3.00. The first-order valence-corrected chi connectivity index (χ1v) is 5.11. The second kappa shape index (κ2) is 5.50. The van der Waals surface area contributed by atoms with Crippen LogP contribution < -0.4 is 4.90 Å². The summed E-state index contributed by atoms with van der Waals surface area (Å²) in [5.41, 5.74) is 1.99. The van der Waals surface area contributed by atoms with Crippen LogP contribution in [0.4, 0.5) is 5.69 Å². The summed E-state index contributed by atoms with van der Waals surface area (Å²) >= 11 is 0. The van der Waals surface area contributed by atoms with Gasteiger partial charge < -0.3 is 15.1 Å². The maximum Gasteiger partial charge on any atom is 0.101 e. The second-order valence-electron chi connectivity index (χ2n) is 3.85. The van der Waals surface area contributed by atoms with Crippen LogP contribution in [0.2, 0.25) is 0 Å². The molecule has 4 heteroatoms. The lowest BCUT2D eigenvalue weighted by molar-refractivity contribution is 0.201. The number of nitrogens with zero attached hydrogens (tertiary/aromatic N) is 2. The fraction of sp³-hybridized carbons (Fsp3) is 0.417. The third kappa shape index (κ3) is 2.96. The van der Waals surface area contributed by atoms with Crippen molar-refractivity contribution in [1.82, 2.24) is 0 Å². The van der Waals surface area contributed by atoms with E-state index in [0.717, 1.165) is 5.69 Å². The Morgan fingerprint density at radius 2 is 2.19 bits per heavy atom. The van der Waals surface area contributed by atoms with Crippen LogP contribution in [0.15, 0.2) is 18.2 Å². The lowest BCUT2D eigenvalue weighted by Crippen LogP contribution is -2.27. The zero-order chi connectivity index (χ0) is 12.1. The number of nitriles is 1. The maximum atomic E-state index is 9.28. The number of anilines is 1. The van der Waals surface area contributed by atoms with Crippen LogP contribution in [-0.2, 0) is 6.61 Å². The maximum absolute atomic E-state index is 9.28. The summed E-state index contributed by atoms with van der Waals surface area (Å²) in [6, 6.07) is 7.31. The summed E-state index contributed by atoms with van der Waals surface area (Å²) in [6.45, 7) is 2.09. The van der Waals surface area contributed by atoms with Crippen molar-refractivity contribution in [3.8, 4) is 6.07 Å². The number of aliphatic hydroxyl groups is 2. The van der Waals surface area contributed by atoms with E-state index in [9.17, 15) is 5.11 Å². The van der Waals surface area contributed by atoms with Crippen molar-refractivity contribution in [2.24, 2.45) is 0 Å². The highest BCUT2D eigenvalue weighted by atomic mass is 16.3. The number of aliphatic hydroxyl groups excluding tert-OH is 2. The summed E-state index contributed by atoms with van der Waals surface area (Å²) in [5.74, 6) is 0. The van der Waals surface area contributed by atoms with Crippen molar-refractivity contribution >= 4 is 5.69 Å². The van der Waals surface area contributed by atoms with Crippen molar-refractivity contribution in [3.63, 3.8) is 0 Å². The summed E-state index contributed by atoms with van der Waals surface area (Å²) < 4.78 is 0. The van der Waals surface area contributed by atoms with Gasteiger partial charge >= 0.3 is 0 Å². The summed E-state index contributed by atoms with van der Waals surface area (Å²) in [6.07, 6.45) is -0.450. The molecule has 1 rings (SSSR count). The largest absolute Gasteiger partial charge is 0.392 e. The quantitative estimate of drug-likeness (QED) is 0.790. The minimum absolute atomic E-state index is 0.0743. The number of hydrogen-bond acceptors (Lipinski definition) is 4. The van der Waals surface area contributed by atoms with Crippen molar-refractivity contribution in [3.05, 3.63) is 29.3 Å². The van der Waals surface area contributed by atoms with E-state index in [1.165, 1.54) is 0 Å². The highest BCUT2D eigenvalue weighted by molar-refractivity contribution is 5.60.